The van der Waals surface area contributed by atoms with Crippen molar-refractivity contribution in [3.63, 3.8) is 0 Å². The molecule has 2 aromatic rings. The summed E-state index contributed by atoms with van der Waals surface area (Å²) in [5.41, 5.74) is 1.37. The van der Waals surface area contributed by atoms with Crippen molar-refractivity contribution in [2.75, 3.05) is 26.2 Å². The zero-order chi connectivity index (χ0) is 14.5. The zero-order valence-electron chi connectivity index (χ0n) is 12.6. The molecular formula is C17H23N3O. The minimum absolute atomic E-state index is 0.656. The Bertz CT molecular complexity index is 544. The van der Waals surface area contributed by atoms with Crippen LogP contribution in [0.5, 0.6) is 5.75 Å². The van der Waals surface area contributed by atoms with Crippen LogP contribution in [0.25, 0.3) is 0 Å². The molecule has 1 aliphatic heterocycles. The second-order valence-electron chi connectivity index (χ2n) is 5.66. The van der Waals surface area contributed by atoms with E-state index in [4.69, 9.17) is 4.74 Å². The molecule has 112 valence electrons. The summed E-state index contributed by atoms with van der Waals surface area (Å²) < 4.78 is 7.78. The van der Waals surface area contributed by atoms with Gasteiger partial charge in [0.05, 0.1) is 0 Å². The summed E-state index contributed by atoms with van der Waals surface area (Å²) in [6, 6.07) is 12.2. The molecule has 0 atom stereocenters. The van der Waals surface area contributed by atoms with E-state index >= 15 is 0 Å². The molecule has 0 saturated carbocycles. The highest BCUT2D eigenvalue weighted by Gasteiger charge is 2.22. The number of hydrogen-bond acceptors (Lipinski definition) is 3. The van der Waals surface area contributed by atoms with Crippen molar-refractivity contribution < 1.29 is 4.74 Å². The molecule has 0 radical (unpaired) electrons. The summed E-state index contributed by atoms with van der Waals surface area (Å²) in [7, 11) is 2.04. The molecule has 4 heteroatoms. The van der Waals surface area contributed by atoms with Crippen molar-refractivity contribution in [2.24, 2.45) is 7.05 Å². The third kappa shape index (κ3) is 3.64. The molecule has 0 bridgehead atoms. The number of benzene rings is 1. The van der Waals surface area contributed by atoms with E-state index in [9.17, 15) is 0 Å². The van der Waals surface area contributed by atoms with Gasteiger partial charge in [-0.1, -0.05) is 18.2 Å². The number of para-hydroxylation sites is 1. The molecule has 21 heavy (non-hydrogen) atoms. The molecular weight excluding hydrogens is 262 g/mol. The van der Waals surface area contributed by atoms with Gasteiger partial charge in [0.2, 0.25) is 0 Å². The fourth-order valence-corrected chi connectivity index (χ4v) is 3.05. The van der Waals surface area contributed by atoms with Gasteiger partial charge < -0.3 is 4.74 Å². The van der Waals surface area contributed by atoms with E-state index in [2.05, 4.69) is 16.1 Å². The van der Waals surface area contributed by atoms with Crippen LogP contribution in [0.2, 0.25) is 0 Å². The van der Waals surface area contributed by atoms with E-state index in [1.54, 1.807) is 0 Å². The van der Waals surface area contributed by atoms with E-state index in [-0.39, 0.29) is 0 Å². The molecule has 3 rings (SSSR count). The number of piperidine rings is 1. The first-order valence-electron chi connectivity index (χ1n) is 7.71. The maximum Gasteiger partial charge on any atom is 0.119 e. The average molecular weight is 285 g/mol. The lowest BCUT2D eigenvalue weighted by Crippen LogP contribution is -2.36. The smallest absolute Gasteiger partial charge is 0.119 e. The number of aryl methyl sites for hydroxylation is 1. The molecule has 0 aliphatic carbocycles. The van der Waals surface area contributed by atoms with E-state index in [0.717, 1.165) is 32.0 Å². The number of rotatable bonds is 5. The van der Waals surface area contributed by atoms with Crippen LogP contribution in [-0.4, -0.2) is 40.9 Å². The van der Waals surface area contributed by atoms with Gasteiger partial charge in [0.25, 0.3) is 0 Å². The first-order chi connectivity index (χ1) is 10.3. The van der Waals surface area contributed by atoms with Crippen LogP contribution < -0.4 is 4.74 Å². The molecule has 1 aromatic heterocycles. The van der Waals surface area contributed by atoms with Gasteiger partial charge >= 0.3 is 0 Å². The zero-order valence-corrected chi connectivity index (χ0v) is 12.6. The van der Waals surface area contributed by atoms with Crippen molar-refractivity contribution in [1.82, 2.24) is 14.7 Å². The molecule has 2 heterocycles. The van der Waals surface area contributed by atoms with Gasteiger partial charge in [0, 0.05) is 31.4 Å². The highest BCUT2D eigenvalue weighted by molar-refractivity contribution is 5.20. The summed E-state index contributed by atoms with van der Waals surface area (Å²) in [6.07, 6.45) is 4.32. The standard InChI is InChI=1S/C17H23N3O/c1-19-17(7-10-18-19)15-8-11-20(12-9-15)13-14-21-16-5-3-2-4-6-16/h2-7,10,15H,8-9,11-14H2,1H3. The summed E-state index contributed by atoms with van der Waals surface area (Å²) in [5.74, 6) is 1.62. The predicted molar refractivity (Wildman–Crippen MR) is 83.6 cm³/mol. The minimum Gasteiger partial charge on any atom is -0.492 e. The van der Waals surface area contributed by atoms with E-state index in [1.807, 2.05) is 48.3 Å². The van der Waals surface area contributed by atoms with Crippen molar-refractivity contribution in [3.05, 3.63) is 48.3 Å². The van der Waals surface area contributed by atoms with Crippen LogP contribution >= 0.6 is 0 Å². The minimum atomic E-state index is 0.656. The van der Waals surface area contributed by atoms with E-state index < -0.39 is 0 Å². The Kier molecular flexibility index (Phi) is 4.55. The van der Waals surface area contributed by atoms with Gasteiger partial charge in [-0.2, -0.15) is 5.10 Å². The van der Waals surface area contributed by atoms with Crippen LogP contribution in [0.15, 0.2) is 42.6 Å². The lowest BCUT2D eigenvalue weighted by Gasteiger charge is -2.31. The molecule has 0 spiro atoms. The fourth-order valence-electron chi connectivity index (χ4n) is 3.05. The first-order valence-corrected chi connectivity index (χ1v) is 7.71. The normalized spacial score (nSPS) is 17.0. The Hall–Kier alpha value is -1.81. The van der Waals surface area contributed by atoms with Crippen molar-refractivity contribution in [2.45, 2.75) is 18.8 Å². The number of likely N-dealkylation sites (tertiary alicyclic amines) is 1. The maximum absolute atomic E-state index is 5.77. The van der Waals surface area contributed by atoms with Gasteiger partial charge in [0.1, 0.15) is 12.4 Å². The van der Waals surface area contributed by atoms with Gasteiger partial charge in [-0.3, -0.25) is 9.58 Å². The second-order valence-corrected chi connectivity index (χ2v) is 5.66. The number of hydrogen-bond donors (Lipinski definition) is 0. The van der Waals surface area contributed by atoms with Crippen LogP contribution in [0.1, 0.15) is 24.5 Å². The van der Waals surface area contributed by atoms with Gasteiger partial charge in [-0.15, -0.1) is 0 Å². The molecule has 1 fully saturated rings. The third-order valence-electron chi connectivity index (χ3n) is 4.28. The highest BCUT2D eigenvalue weighted by Crippen LogP contribution is 2.27. The van der Waals surface area contributed by atoms with Gasteiger partial charge in [-0.25, -0.2) is 0 Å². The molecule has 0 amide bonds. The molecule has 0 N–H and O–H groups in total. The predicted octanol–water partition coefficient (Wildman–Crippen LogP) is 2.68. The molecule has 1 saturated heterocycles. The van der Waals surface area contributed by atoms with Crippen LogP contribution in [0.4, 0.5) is 0 Å². The van der Waals surface area contributed by atoms with Crippen molar-refractivity contribution >= 4 is 0 Å². The summed E-state index contributed by atoms with van der Waals surface area (Å²) >= 11 is 0. The second kappa shape index (κ2) is 6.76. The Morgan fingerprint density at radius 2 is 1.90 bits per heavy atom. The van der Waals surface area contributed by atoms with E-state index in [0.29, 0.717) is 5.92 Å². The number of aromatic nitrogens is 2. The highest BCUT2D eigenvalue weighted by atomic mass is 16.5. The lowest BCUT2D eigenvalue weighted by atomic mass is 9.93. The summed E-state index contributed by atoms with van der Waals surface area (Å²) in [4.78, 5) is 2.50. The first kappa shape index (κ1) is 14.1. The van der Waals surface area contributed by atoms with Crippen LogP contribution in [-0.2, 0) is 7.05 Å². The SMILES string of the molecule is Cn1nccc1C1CCN(CCOc2ccccc2)CC1. The van der Waals surface area contributed by atoms with Gasteiger partial charge in [-0.05, 0) is 44.1 Å². The number of ether oxygens (including phenoxy) is 1. The summed E-state index contributed by atoms with van der Waals surface area (Å²) in [6.45, 7) is 4.06. The van der Waals surface area contributed by atoms with Crippen molar-refractivity contribution in [1.29, 1.82) is 0 Å². The van der Waals surface area contributed by atoms with Crippen LogP contribution in [0.3, 0.4) is 0 Å². The van der Waals surface area contributed by atoms with E-state index in [1.165, 1.54) is 18.5 Å². The monoisotopic (exact) mass is 285 g/mol. The number of nitrogens with zero attached hydrogens (tertiary/aromatic N) is 3. The molecule has 1 aromatic carbocycles. The van der Waals surface area contributed by atoms with Crippen molar-refractivity contribution in [3.8, 4) is 5.75 Å². The summed E-state index contributed by atoms with van der Waals surface area (Å²) in [5, 5.41) is 4.28. The Morgan fingerprint density at radius 3 is 2.57 bits per heavy atom. The lowest BCUT2D eigenvalue weighted by molar-refractivity contribution is 0.171. The maximum atomic E-state index is 5.77. The topological polar surface area (TPSA) is 30.3 Å². The fraction of sp³-hybridized carbons (Fsp3) is 0.471. The molecule has 4 nitrogen and oxygen atoms in total. The third-order valence-corrected chi connectivity index (χ3v) is 4.28. The Morgan fingerprint density at radius 1 is 1.14 bits per heavy atom. The van der Waals surface area contributed by atoms with Gasteiger partial charge in [0.15, 0.2) is 0 Å². The Balaban J connectivity index is 1.41. The molecule has 1 aliphatic rings. The molecule has 0 unspecified atom stereocenters. The average Bonchev–Trinajstić information content (AvgIpc) is 2.95. The quantitative estimate of drug-likeness (QED) is 0.846. The van der Waals surface area contributed by atoms with Crippen LogP contribution in [0, 0.1) is 0 Å². The largest absolute Gasteiger partial charge is 0.492 e. The Labute approximate surface area is 126 Å².